The van der Waals surface area contributed by atoms with Gasteiger partial charge in [-0.15, -0.1) is 0 Å². The van der Waals surface area contributed by atoms with Crippen molar-refractivity contribution in [2.24, 2.45) is 0 Å². The van der Waals surface area contributed by atoms with Crippen LogP contribution < -0.4 is 5.32 Å². The van der Waals surface area contributed by atoms with Crippen LogP contribution in [-0.4, -0.2) is 31.7 Å². The Morgan fingerprint density at radius 2 is 2.00 bits per heavy atom. The van der Waals surface area contributed by atoms with Crippen molar-refractivity contribution in [3.05, 3.63) is 0 Å². The number of nitrogens with zero attached hydrogens (tertiary/aromatic N) is 1. The molecular formula is C8H18N2. The first-order valence-electron chi connectivity index (χ1n) is 4.20. The van der Waals surface area contributed by atoms with Crippen LogP contribution in [0.2, 0.25) is 0 Å². The molecule has 1 heterocycles. The molecule has 2 nitrogen and oxygen atoms in total. The molecule has 0 spiro atoms. The SMILES string of the molecule is CN(C)C1CCCCCN1. The Morgan fingerprint density at radius 3 is 2.70 bits per heavy atom. The van der Waals surface area contributed by atoms with Crippen LogP contribution in [0.25, 0.3) is 0 Å². The fourth-order valence-corrected chi connectivity index (χ4v) is 1.45. The molecule has 1 aliphatic rings. The zero-order chi connectivity index (χ0) is 7.40. The number of hydrogen-bond donors (Lipinski definition) is 1. The summed E-state index contributed by atoms with van der Waals surface area (Å²) in [6.07, 6.45) is 6.08. The van der Waals surface area contributed by atoms with Gasteiger partial charge >= 0.3 is 0 Å². The Hall–Kier alpha value is -0.0800. The van der Waals surface area contributed by atoms with E-state index in [9.17, 15) is 0 Å². The molecule has 0 aliphatic carbocycles. The van der Waals surface area contributed by atoms with Gasteiger partial charge in [0.05, 0.1) is 6.17 Å². The highest BCUT2D eigenvalue weighted by Gasteiger charge is 2.11. The van der Waals surface area contributed by atoms with Crippen molar-refractivity contribution in [1.82, 2.24) is 10.2 Å². The third-order valence-corrected chi connectivity index (χ3v) is 2.16. The minimum Gasteiger partial charge on any atom is -0.302 e. The van der Waals surface area contributed by atoms with E-state index in [0.29, 0.717) is 6.17 Å². The Labute approximate surface area is 63.6 Å². The average molecular weight is 142 g/mol. The molecule has 2 heteroatoms. The van der Waals surface area contributed by atoms with Gasteiger partial charge in [0, 0.05) is 0 Å². The molecule has 0 bridgehead atoms. The lowest BCUT2D eigenvalue weighted by molar-refractivity contribution is 0.241. The molecule has 1 unspecified atom stereocenters. The molecule has 60 valence electrons. The van der Waals surface area contributed by atoms with Gasteiger partial charge in [-0.2, -0.15) is 0 Å². The summed E-state index contributed by atoms with van der Waals surface area (Å²) in [5.41, 5.74) is 0. The standard InChI is InChI=1S/C8H18N2/c1-10(2)8-6-4-3-5-7-9-8/h8-9H,3-7H2,1-2H3. The van der Waals surface area contributed by atoms with Crippen molar-refractivity contribution in [2.75, 3.05) is 20.6 Å². The average Bonchev–Trinajstić information content (AvgIpc) is 2.12. The molecule has 0 saturated carbocycles. The Balaban J connectivity index is 2.28. The van der Waals surface area contributed by atoms with Crippen molar-refractivity contribution in [1.29, 1.82) is 0 Å². The van der Waals surface area contributed by atoms with Crippen LogP contribution in [0, 0.1) is 0 Å². The van der Waals surface area contributed by atoms with Crippen LogP contribution in [0.5, 0.6) is 0 Å². The summed E-state index contributed by atoms with van der Waals surface area (Å²) < 4.78 is 0. The maximum atomic E-state index is 3.51. The predicted molar refractivity (Wildman–Crippen MR) is 43.9 cm³/mol. The van der Waals surface area contributed by atoms with Crippen molar-refractivity contribution < 1.29 is 0 Å². The van der Waals surface area contributed by atoms with E-state index in [1.165, 1.54) is 32.2 Å². The summed E-state index contributed by atoms with van der Waals surface area (Å²) in [7, 11) is 4.28. The van der Waals surface area contributed by atoms with Crippen molar-refractivity contribution in [3.8, 4) is 0 Å². The maximum absolute atomic E-state index is 3.51. The highest BCUT2D eigenvalue weighted by atomic mass is 15.2. The maximum Gasteiger partial charge on any atom is 0.0592 e. The number of hydrogen-bond acceptors (Lipinski definition) is 2. The zero-order valence-corrected chi connectivity index (χ0v) is 7.06. The molecule has 1 rings (SSSR count). The molecule has 1 N–H and O–H groups in total. The van der Waals surface area contributed by atoms with E-state index < -0.39 is 0 Å². The van der Waals surface area contributed by atoms with Crippen LogP contribution in [0.15, 0.2) is 0 Å². The van der Waals surface area contributed by atoms with Gasteiger partial charge < -0.3 is 5.32 Å². The fourth-order valence-electron chi connectivity index (χ4n) is 1.45. The van der Waals surface area contributed by atoms with Gasteiger partial charge in [-0.25, -0.2) is 0 Å². The molecule has 10 heavy (non-hydrogen) atoms. The lowest BCUT2D eigenvalue weighted by Gasteiger charge is -2.23. The van der Waals surface area contributed by atoms with Gasteiger partial charge in [0.1, 0.15) is 0 Å². The van der Waals surface area contributed by atoms with Gasteiger partial charge in [0.2, 0.25) is 0 Å². The molecule has 1 atom stereocenters. The first-order chi connectivity index (χ1) is 4.80. The highest BCUT2D eigenvalue weighted by Crippen LogP contribution is 2.08. The predicted octanol–water partition coefficient (Wildman–Crippen LogP) is 1.04. The van der Waals surface area contributed by atoms with E-state index in [0.717, 1.165) is 0 Å². The minimum absolute atomic E-state index is 0.627. The lowest BCUT2D eigenvalue weighted by Crippen LogP contribution is -2.40. The van der Waals surface area contributed by atoms with Gasteiger partial charge in [-0.3, -0.25) is 4.90 Å². The second-order valence-electron chi connectivity index (χ2n) is 3.28. The molecule has 1 fully saturated rings. The highest BCUT2D eigenvalue weighted by molar-refractivity contribution is 4.67. The zero-order valence-electron chi connectivity index (χ0n) is 7.06. The summed E-state index contributed by atoms with van der Waals surface area (Å²) in [6.45, 7) is 1.20. The van der Waals surface area contributed by atoms with Gasteiger partial charge in [0.15, 0.2) is 0 Å². The van der Waals surface area contributed by atoms with E-state index in [4.69, 9.17) is 0 Å². The minimum atomic E-state index is 0.627. The Bertz CT molecular complexity index is 83.3. The summed E-state index contributed by atoms with van der Waals surface area (Å²) in [4.78, 5) is 2.27. The van der Waals surface area contributed by atoms with E-state index in [2.05, 4.69) is 24.3 Å². The summed E-state index contributed by atoms with van der Waals surface area (Å²) >= 11 is 0. The van der Waals surface area contributed by atoms with Gasteiger partial charge in [-0.1, -0.05) is 12.8 Å². The first kappa shape index (κ1) is 8.02. The molecule has 0 aromatic carbocycles. The number of nitrogens with one attached hydrogen (secondary N) is 1. The van der Waals surface area contributed by atoms with Crippen LogP contribution in [-0.2, 0) is 0 Å². The quantitative estimate of drug-likeness (QED) is 0.588. The van der Waals surface area contributed by atoms with E-state index in [1.807, 2.05) is 0 Å². The molecule has 1 aliphatic heterocycles. The smallest absolute Gasteiger partial charge is 0.0592 e. The third-order valence-electron chi connectivity index (χ3n) is 2.16. The van der Waals surface area contributed by atoms with Crippen LogP contribution in [0.3, 0.4) is 0 Å². The van der Waals surface area contributed by atoms with E-state index in [-0.39, 0.29) is 0 Å². The van der Waals surface area contributed by atoms with Crippen LogP contribution >= 0.6 is 0 Å². The summed E-state index contributed by atoms with van der Waals surface area (Å²) in [5, 5.41) is 3.51. The normalized spacial score (nSPS) is 28.5. The number of rotatable bonds is 1. The van der Waals surface area contributed by atoms with Crippen LogP contribution in [0.1, 0.15) is 25.7 Å². The molecule has 0 amide bonds. The molecular weight excluding hydrogens is 124 g/mol. The lowest BCUT2D eigenvalue weighted by atomic mass is 10.2. The van der Waals surface area contributed by atoms with E-state index >= 15 is 0 Å². The monoisotopic (exact) mass is 142 g/mol. The fraction of sp³-hybridized carbons (Fsp3) is 1.00. The molecule has 0 radical (unpaired) electrons. The molecule has 1 saturated heterocycles. The van der Waals surface area contributed by atoms with Crippen molar-refractivity contribution in [3.63, 3.8) is 0 Å². The van der Waals surface area contributed by atoms with Crippen molar-refractivity contribution in [2.45, 2.75) is 31.8 Å². The van der Waals surface area contributed by atoms with Crippen LogP contribution in [0.4, 0.5) is 0 Å². The van der Waals surface area contributed by atoms with Crippen molar-refractivity contribution >= 4 is 0 Å². The van der Waals surface area contributed by atoms with Gasteiger partial charge in [0.25, 0.3) is 0 Å². The largest absolute Gasteiger partial charge is 0.302 e. The third kappa shape index (κ3) is 2.27. The topological polar surface area (TPSA) is 15.3 Å². The first-order valence-corrected chi connectivity index (χ1v) is 4.20. The molecule has 0 aromatic rings. The van der Waals surface area contributed by atoms with Gasteiger partial charge in [-0.05, 0) is 33.5 Å². The second-order valence-corrected chi connectivity index (χ2v) is 3.28. The summed E-state index contributed by atoms with van der Waals surface area (Å²) in [6, 6.07) is 0. The second kappa shape index (κ2) is 3.94. The molecule has 0 aromatic heterocycles. The summed E-state index contributed by atoms with van der Waals surface area (Å²) in [5.74, 6) is 0. The Kier molecular flexibility index (Phi) is 3.16. The van der Waals surface area contributed by atoms with E-state index in [1.54, 1.807) is 0 Å². The Morgan fingerprint density at radius 1 is 1.20 bits per heavy atom.